The van der Waals surface area contributed by atoms with Gasteiger partial charge in [0.15, 0.2) is 6.10 Å². The van der Waals surface area contributed by atoms with E-state index in [4.69, 9.17) is 9.47 Å². The number of hydrogen-bond donors (Lipinski definition) is 2. The molecule has 1 unspecified atom stereocenters. The number of nitrogens with zero attached hydrogens (tertiary/aromatic N) is 1. The highest BCUT2D eigenvalue weighted by Gasteiger charge is 2.24. The van der Waals surface area contributed by atoms with E-state index < -0.39 is 6.09 Å². The topological polar surface area (TPSA) is 79.9 Å². The standard InChI is InChI=1S/C10H17N3O4/c14-9(6-13-3-1-11-2-4-13)16-7-8-5-12-10(15)17-8/h8,11H,1-7H2,(H,12,15). The molecule has 2 saturated heterocycles. The molecule has 17 heavy (non-hydrogen) atoms. The number of piperazine rings is 1. The third-order valence-corrected chi connectivity index (χ3v) is 2.74. The average molecular weight is 243 g/mol. The van der Waals surface area contributed by atoms with Gasteiger partial charge in [0.1, 0.15) is 6.61 Å². The molecular formula is C10H17N3O4. The number of cyclic esters (lactones) is 1. The molecular weight excluding hydrogens is 226 g/mol. The van der Waals surface area contributed by atoms with E-state index in [1.165, 1.54) is 0 Å². The molecule has 0 saturated carbocycles. The van der Waals surface area contributed by atoms with Crippen LogP contribution < -0.4 is 10.6 Å². The Labute approximate surface area is 99.4 Å². The van der Waals surface area contributed by atoms with Crippen LogP contribution in [0.15, 0.2) is 0 Å². The van der Waals surface area contributed by atoms with Crippen LogP contribution in [-0.2, 0) is 14.3 Å². The number of nitrogens with one attached hydrogen (secondary N) is 2. The van der Waals surface area contributed by atoms with Gasteiger partial charge < -0.3 is 20.1 Å². The van der Waals surface area contributed by atoms with Crippen molar-refractivity contribution in [3.63, 3.8) is 0 Å². The normalized spacial score (nSPS) is 25.2. The average Bonchev–Trinajstić information content (AvgIpc) is 2.74. The predicted octanol–water partition coefficient (Wildman–Crippen LogP) is -1.46. The first kappa shape index (κ1) is 12.1. The molecule has 2 aliphatic rings. The van der Waals surface area contributed by atoms with Crippen LogP contribution >= 0.6 is 0 Å². The fourth-order valence-corrected chi connectivity index (χ4v) is 1.81. The molecule has 1 amide bonds. The van der Waals surface area contributed by atoms with Crippen LogP contribution in [0.5, 0.6) is 0 Å². The molecule has 2 fully saturated rings. The first-order valence-electron chi connectivity index (χ1n) is 5.77. The van der Waals surface area contributed by atoms with Gasteiger partial charge in [-0.05, 0) is 0 Å². The third-order valence-electron chi connectivity index (χ3n) is 2.74. The van der Waals surface area contributed by atoms with E-state index in [1.54, 1.807) is 0 Å². The summed E-state index contributed by atoms with van der Waals surface area (Å²) in [7, 11) is 0. The van der Waals surface area contributed by atoms with Crippen molar-refractivity contribution in [2.24, 2.45) is 0 Å². The third kappa shape index (κ3) is 3.86. The van der Waals surface area contributed by atoms with Crippen LogP contribution in [0.4, 0.5) is 4.79 Å². The highest BCUT2D eigenvalue weighted by molar-refractivity contribution is 5.72. The lowest BCUT2D eigenvalue weighted by atomic mass is 10.3. The van der Waals surface area contributed by atoms with Crippen LogP contribution in [0.1, 0.15) is 0 Å². The van der Waals surface area contributed by atoms with E-state index in [9.17, 15) is 9.59 Å². The van der Waals surface area contributed by atoms with Gasteiger partial charge in [0.05, 0.1) is 13.1 Å². The molecule has 7 heteroatoms. The van der Waals surface area contributed by atoms with E-state index in [2.05, 4.69) is 10.6 Å². The predicted molar refractivity (Wildman–Crippen MR) is 58.5 cm³/mol. The minimum absolute atomic E-state index is 0.129. The molecule has 0 radical (unpaired) electrons. The fraction of sp³-hybridized carbons (Fsp3) is 0.800. The summed E-state index contributed by atoms with van der Waals surface area (Å²) in [6.45, 7) is 4.35. The van der Waals surface area contributed by atoms with E-state index in [-0.39, 0.29) is 18.7 Å². The van der Waals surface area contributed by atoms with Crippen molar-refractivity contribution >= 4 is 12.1 Å². The lowest BCUT2D eigenvalue weighted by molar-refractivity contribution is -0.147. The van der Waals surface area contributed by atoms with Crippen molar-refractivity contribution in [1.82, 2.24) is 15.5 Å². The summed E-state index contributed by atoms with van der Waals surface area (Å²) < 4.78 is 9.91. The molecule has 0 bridgehead atoms. The minimum Gasteiger partial charge on any atom is -0.461 e. The fourth-order valence-electron chi connectivity index (χ4n) is 1.81. The second-order valence-corrected chi connectivity index (χ2v) is 4.12. The van der Waals surface area contributed by atoms with E-state index in [0.717, 1.165) is 26.2 Å². The Balaban J connectivity index is 1.61. The highest BCUT2D eigenvalue weighted by atomic mass is 16.6. The Bertz CT molecular complexity index is 291. The summed E-state index contributed by atoms with van der Waals surface area (Å²) in [5.74, 6) is -0.269. The van der Waals surface area contributed by atoms with Crippen molar-refractivity contribution in [2.75, 3.05) is 45.9 Å². The maximum Gasteiger partial charge on any atom is 0.407 e. The van der Waals surface area contributed by atoms with Gasteiger partial charge in [-0.15, -0.1) is 0 Å². The van der Waals surface area contributed by atoms with Crippen LogP contribution in [0, 0.1) is 0 Å². The number of esters is 1. The van der Waals surface area contributed by atoms with E-state index in [1.807, 2.05) is 4.90 Å². The molecule has 0 aromatic rings. The molecule has 7 nitrogen and oxygen atoms in total. The number of alkyl carbamates (subject to hydrolysis) is 1. The first-order valence-corrected chi connectivity index (χ1v) is 5.77. The Morgan fingerprint density at radius 1 is 1.47 bits per heavy atom. The molecule has 2 N–H and O–H groups in total. The van der Waals surface area contributed by atoms with Gasteiger partial charge in [-0.3, -0.25) is 9.69 Å². The number of ether oxygens (including phenoxy) is 2. The summed E-state index contributed by atoms with van der Waals surface area (Å²) in [5, 5.41) is 5.71. The van der Waals surface area contributed by atoms with Gasteiger partial charge in [-0.1, -0.05) is 0 Å². The summed E-state index contributed by atoms with van der Waals surface area (Å²) in [6, 6.07) is 0. The number of carbonyl (C=O) groups is 2. The Kier molecular flexibility index (Phi) is 4.16. The SMILES string of the molecule is O=C(CN1CCNCC1)OCC1CNC(=O)O1. The molecule has 0 aromatic heterocycles. The van der Waals surface area contributed by atoms with E-state index >= 15 is 0 Å². The number of carbonyl (C=O) groups excluding carboxylic acids is 2. The summed E-state index contributed by atoms with van der Waals surface area (Å²) in [4.78, 5) is 24.3. The van der Waals surface area contributed by atoms with Crippen molar-refractivity contribution in [1.29, 1.82) is 0 Å². The van der Waals surface area contributed by atoms with Gasteiger partial charge in [0.25, 0.3) is 0 Å². The van der Waals surface area contributed by atoms with Crippen molar-refractivity contribution in [2.45, 2.75) is 6.10 Å². The van der Waals surface area contributed by atoms with Crippen LogP contribution in [0.25, 0.3) is 0 Å². The molecule has 0 aliphatic carbocycles. The lowest BCUT2D eigenvalue weighted by Gasteiger charge is -2.26. The van der Waals surface area contributed by atoms with Crippen molar-refractivity contribution in [3.05, 3.63) is 0 Å². The smallest absolute Gasteiger partial charge is 0.407 e. The minimum atomic E-state index is -0.451. The first-order chi connectivity index (χ1) is 8.24. The molecule has 2 aliphatic heterocycles. The highest BCUT2D eigenvalue weighted by Crippen LogP contribution is 2.01. The molecule has 0 spiro atoms. The number of hydrogen-bond acceptors (Lipinski definition) is 6. The second-order valence-electron chi connectivity index (χ2n) is 4.12. The quantitative estimate of drug-likeness (QED) is 0.588. The maximum absolute atomic E-state index is 11.5. The molecule has 1 atom stereocenters. The van der Waals surface area contributed by atoms with Crippen molar-refractivity contribution < 1.29 is 19.1 Å². The maximum atomic E-state index is 11.5. The molecule has 0 aromatic carbocycles. The summed E-state index contributed by atoms with van der Waals surface area (Å²) >= 11 is 0. The Morgan fingerprint density at radius 3 is 2.88 bits per heavy atom. The Hall–Kier alpha value is -1.34. The zero-order chi connectivity index (χ0) is 12.1. The molecule has 2 heterocycles. The number of rotatable bonds is 4. The zero-order valence-electron chi connectivity index (χ0n) is 9.61. The monoisotopic (exact) mass is 243 g/mol. The largest absolute Gasteiger partial charge is 0.461 e. The lowest BCUT2D eigenvalue weighted by Crippen LogP contribution is -2.46. The van der Waals surface area contributed by atoms with Gasteiger partial charge in [0, 0.05) is 26.2 Å². The summed E-state index contributed by atoms with van der Waals surface area (Å²) in [6.07, 6.45) is -0.803. The Morgan fingerprint density at radius 2 is 2.24 bits per heavy atom. The van der Waals surface area contributed by atoms with Gasteiger partial charge >= 0.3 is 12.1 Å². The van der Waals surface area contributed by atoms with Gasteiger partial charge in [-0.2, -0.15) is 0 Å². The van der Waals surface area contributed by atoms with Crippen LogP contribution in [0.3, 0.4) is 0 Å². The number of amides is 1. The van der Waals surface area contributed by atoms with Crippen LogP contribution in [0.2, 0.25) is 0 Å². The van der Waals surface area contributed by atoms with E-state index in [0.29, 0.717) is 13.1 Å². The second kappa shape index (κ2) is 5.83. The van der Waals surface area contributed by atoms with Gasteiger partial charge in [-0.25, -0.2) is 4.79 Å². The van der Waals surface area contributed by atoms with Gasteiger partial charge in [0.2, 0.25) is 0 Å². The van der Waals surface area contributed by atoms with Crippen molar-refractivity contribution in [3.8, 4) is 0 Å². The molecule has 2 rings (SSSR count). The summed E-state index contributed by atoms with van der Waals surface area (Å²) in [5.41, 5.74) is 0. The van der Waals surface area contributed by atoms with Crippen LogP contribution in [-0.4, -0.2) is 68.9 Å². The zero-order valence-corrected chi connectivity index (χ0v) is 9.61. The molecule has 96 valence electrons.